The molecular weight excluding hydrogens is 390 g/mol. The SMILES string of the molecule is CC(c1ccc(-n2cncn2)cc1)N(C)C(=O)CSc1nc2ccccc2s1. The smallest absolute Gasteiger partial charge is 0.233 e. The van der Waals surface area contributed by atoms with Crippen molar-refractivity contribution >= 4 is 39.2 Å². The molecule has 0 saturated heterocycles. The number of aromatic nitrogens is 4. The number of fused-ring (bicyclic) bond motifs is 1. The van der Waals surface area contributed by atoms with E-state index >= 15 is 0 Å². The molecule has 4 aromatic rings. The van der Waals surface area contributed by atoms with Gasteiger partial charge in [0.15, 0.2) is 4.34 Å². The molecule has 0 aliphatic carbocycles. The Bertz CT molecular complexity index is 1040. The second-order valence-electron chi connectivity index (χ2n) is 6.35. The minimum Gasteiger partial charge on any atom is -0.338 e. The molecule has 1 amide bonds. The van der Waals surface area contributed by atoms with Crippen molar-refractivity contribution in [1.29, 1.82) is 0 Å². The lowest BCUT2D eigenvalue weighted by Gasteiger charge is -2.25. The molecule has 6 nitrogen and oxygen atoms in total. The monoisotopic (exact) mass is 409 g/mol. The predicted octanol–water partition coefficient (Wildman–Crippen LogP) is 4.19. The van der Waals surface area contributed by atoms with Gasteiger partial charge in [-0.2, -0.15) is 5.10 Å². The molecule has 0 radical (unpaired) electrons. The molecule has 1 atom stereocenters. The summed E-state index contributed by atoms with van der Waals surface area (Å²) in [4.78, 5) is 23.0. The first-order valence-corrected chi connectivity index (χ1v) is 10.6. The Kier molecular flexibility index (Phi) is 5.40. The predicted molar refractivity (Wildman–Crippen MR) is 113 cm³/mol. The highest BCUT2D eigenvalue weighted by Gasteiger charge is 2.18. The summed E-state index contributed by atoms with van der Waals surface area (Å²) in [6.45, 7) is 2.03. The Balaban J connectivity index is 1.38. The number of hydrogen-bond donors (Lipinski definition) is 0. The lowest BCUT2D eigenvalue weighted by atomic mass is 10.1. The van der Waals surface area contributed by atoms with E-state index in [-0.39, 0.29) is 11.9 Å². The van der Waals surface area contributed by atoms with E-state index in [4.69, 9.17) is 0 Å². The standard InChI is InChI=1S/C20H19N5OS2/c1-14(15-7-9-16(10-8-15)25-13-21-12-22-25)24(2)19(26)11-27-20-23-17-5-3-4-6-18(17)28-20/h3-10,12-14H,11H2,1-2H3. The van der Waals surface area contributed by atoms with Crippen LogP contribution in [0.1, 0.15) is 18.5 Å². The van der Waals surface area contributed by atoms with Gasteiger partial charge in [-0.15, -0.1) is 11.3 Å². The summed E-state index contributed by atoms with van der Waals surface area (Å²) in [7, 11) is 1.84. The van der Waals surface area contributed by atoms with E-state index in [1.165, 1.54) is 18.1 Å². The number of nitrogens with zero attached hydrogens (tertiary/aromatic N) is 5. The van der Waals surface area contributed by atoms with E-state index in [2.05, 4.69) is 21.1 Å². The number of thioether (sulfide) groups is 1. The van der Waals surface area contributed by atoms with Gasteiger partial charge < -0.3 is 4.90 Å². The van der Waals surface area contributed by atoms with E-state index in [1.54, 1.807) is 27.2 Å². The molecule has 0 aliphatic rings. The van der Waals surface area contributed by atoms with Gasteiger partial charge in [0.25, 0.3) is 0 Å². The van der Waals surface area contributed by atoms with Crippen LogP contribution in [0.4, 0.5) is 0 Å². The topological polar surface area (TPSA) is 63.9 Å². The highest BCUT2D eigenvalue weighted by molar-refractivity contribution is 8.01. The number of rotatable bonds is 6. The summed E-state index contributed by atoms with van der Waals surface area (Å²) in [5.74, 6) is 0.453. The molecule has 2 heterocycles. The van der Waals surface area contributed by atoms with E-state index in [9.17, 15) is 4.79 Å². The van der Waals surface area contributed by atoms with Crippen LogP contribution in [0.3, 0.4) is 0 Å². The van der Waals surface area contributed by atoms with Gasteiger partial charge >= 0.3 is 0 Å². The number of benzene rings is 2. The van der Waals surface area contributed by atoms with Gasteiger partial charge in [0.2, 0.25) is 5.91 Å². The number of hydrogen-bond acceptors (Lipinski definition) is 6. The molecule has 0 bridgehead atoms. The summed E-state index contributed by atoms with van der Waals surface area (Å²) in [6.07, 6.45) is 3.17. The van der Waals surface area contributed by atoms with Crippen molar-refractivity contribution in [2.75, 3.05) is 12.8 Å². The van der Waals surface area contributed by atoms with Crippen molar-refractivity contribution < 1.29 is 4.79 Å². The second kappa shape index (κ2) is 8.12. The zero-order valence-corrected chi connectivity index (χ0v) is 17.2. The van der Waals surface area contributed by atoms with Crippen molar-refractivity contribution in [3.05, 3.63) is 66.7 Å². The van der Waals surface area contributed by atoms with Crippen molar-refractivity contribution in [2.45, 2.75) is 17.3 Å². The molecule has 4 rings (SSSR count). The Labute approximate surface area is 171 Å². The van der Waals surface area contributed by atoms with Crippen LogP contribution in [0.25, 0.3) is 15.9 Å². The number of thiazole rings is 1. The van der Waals surface area contributed by atoms with Crippen molar-refractivity contribution in [2.24, 2.45) is 0 Å². The lowest BCUT2D eigenvalue weighted by Crippen LogP contribution is -2.31. The summed E-state index contributed by atoms with van der Waals surface area (Å²) >= 11 is 3.12. The molecule has 0 saturated carbocycles. The van der Waals surface area contributed by atoms with Crippen LogP contribution in [0, 0.1) is 0 Å². The van der Waals surface area contributed by atoms with Crippen molar-refractivity contribution in [1.82, 2.24) is 24.6 Å². The number of carbonyl (C=O) groups is 1. The quantitative estimate of drug-likeness (QED) is 0.447. The van der Waals surface area contributed by atoms with Gasteiger partial charge in [-0.3, -0.25) is 4.79 Å². The van der Waals surface area contributed by atoms with Crippen LogP contribution >= 0.6 is 23.1 Å². The maximum atomic E-state index is 12.7. The molecule has 28 heavy (non-hydrogen) atoms. The van der Waals surface area contributed by atoms with Crippen LogP contribution in [0.2, 0.25) is 0 Å². The molecule has 2 aromatic carbocycles. The normalized spacial score (nSPS) is 12.2. The molecule has 0 spiro atoms. The van der Waals surface area contributed by atoms with Gasteiger partial charge in [-0.25, -0.2) is 14.6 Å². The third-order valence-corrected chi connectivity index (χ3v) is 6.79. The van der Waals surface area contributed by atoms with Crippen LogP contribution < -0.4 is 0 Å². The van der Waals surface area contributed by atoms with E-state index in [0.29, 0.717) is 5.75 Å². The average Bonchev–Trinajstić information content (AvgIpc) is 3.40. The highest BCUT2D eigenvalue weighted by atomic mass is 32.2. The lowest BCUT2D eigenvalue weighted by molar-refractivity contribution is -0.128. The molecule has 142 valence electrons. The minimum atomic E-state index is -0.0201. The molecule has 8 heteroatoms. The van der Waals surface area contributed by atoms with E-state index < -0.39 is 0 Å². The van der Waals surface area contributed by atoms with Crippen molar-refractivity contribution in [3.8, 4) is 5.69 Å². The van der Waals surface area contributed by atoms with Gasteiger partial charge in [-0.1, -0.05) is 36.0 Å². The molecule has 1 unspecified atom stereocenters. The van der Waals surface area contributed by atoms with Crippen LogP contribution in [-0.2, 0) is 4.79 Å². The largest absolute Gasteiger partial charge is 0.338 e. The maximum absolute atomic E-state index is 12.7. The molecule has 2 aromatic heterocycles. The van der Waals surface area contributed by atoms with E-state index in [1.807, 2.05) is 56.4 Å². The Morgan fingerprint density at radius 2 is 2.00 bits per heavy atom. The Morgan fingerprint density at radius 1 is 1.21 bits per heavy atom. The number of carbonyl (C=O) groups excluding carboxylic acids is 1. The molecular formula is C20H19N5OS2. The third-order valence-electron chi connectivity index (χ3n) is 4.63. The van der Waals surface area contributed by atoms with E-state index in [0.717, 1.165) is 25.8 Å². The zero-order valence-electron chi connectivity index (χ0n) is 15.5. The number of para-hydroxylation sites is 1. The first kappa shape index (κ1) is 18.6. The Morgan fingerprint density at radius 3 is 2.71 bits per heavy atom. The minimum absolute atomic E-state index is 0.0201. The maximum Gasteiger partial charge on any atom is 0.233 e. The number of amides is 1. The molecule has 0 aliphatic heterocycles. The Hall–Kier alpha value is -2.71. The summed E-state index contributed by atoms with van der Waals surface area (Å²) in [5.41, 5.74) is 3.00. The molecule has 0 fully saturated rings. The fourth-order valence-corrected chi connectivity index (χ4v) is 4.82. The highest BCUT2D eigenvalue weighted by Crippen LogP contribution is 2.30. The molecule has 0 N–H and O–H groups in total. The zero-order chi connectivity index (χ0) is 19.5. The van der Waals surface area contributed by atoms with Crippen LogP contribution in [-0.4, -0.2) is 43.4 Å². The van der Waals surface area contributed by atoms with Gasteiger partial charge in [0.05, 0.1) is 27.7 Å². The first-order chi connectivity index (χ1) is 13.6. The van der Waals surface area contributed by atoms with Gasteiger partial charge in [0, 0.05) is 7.05 Å². The first-order valence-electron chi connectivity index (χ1n) is 8.81. The van der Waals surface area contributed by atoms with Gasteiger partial charge in [0.1, 0.15) is 12.7 Å². The average molecular weight is 410 g/mol. The van der Waals surface area contributed by atoms with Crippen molar-refractivity contribution in [3.63, 3.8) is 0 Å². The summed E-state index contributed by atoms with van der Waals surface area (Å²) in [5, 5.41) is 4.13. The third kappa shape index (κ3) is 3.93. The summed E-state index contributed by atoms with van der Waals surface area (Å²) in [6, 6.07) is 16.0. The second-order valence-corrected chi connectivity index (χ2v) is 8.60. The fraction of sp³-hybridized carbons (Fsp3) is 0.200. The van der Waals surface area contributed by atoms with Crippen LogP contribution in [0.15, 0.2) is 65.5 Å². The van der Waals surface area contributed by atoms with Crippen LogP contribution in [0.5, 0.6) is 0 Å². The fourth-order valence-electron chi connectivity index (χ4n) is 2.82. The summed E-state index contributed by atoms with van der Waals surface area (Å²) < 4.78 is 3.78. The van der Waals surface area contributed by atoms with Gasteiger partial charge in [-0.05, 0) is 36.8 Å².